The van der Waals surface area contributed by atoms with Crippen molar-refractivity contribution in [3.05, 3.63) is 77.6 Å². The lowest BCUT2D eigenvalue weighted by Crippen LogP contribution is -2.09. The van der Waals surface area contributed by atoms with Gasteiger partial charge in [-0.05, 0) is 25.5 Å². The number of fused-ring (bicyclic) bond motifs is 1. The van der Waals surface area contributed by atoms with Crippen LogP contribution in [0.4, 0.5) is 26.1 Å². The lowest BCUT2D eigenvalue weighted by Gasteiger charge is -2.15. The molecule has 44 heavy (non-hydrogen) atoms. The highest BCUT2D eigenvalue weighted by atomic mass is 19.1. The lowest BCUT2D eigenvalue weighted by molar-refractivity contribution is -0.114. The molecule has 5 aromatic rings. The van der Waals surface area contributed by atoms with E-state index in [1.165, 1.54) is 17.8 Å². The van der Waals surface area contributed by atoms with Gasteiger partial charge in [0.2, 0.25) is 5.91 Å². The molecule has 0 aliphatic carbocycles. The van der Waals surface area contributed by atoms with E-state index in [0.29, 0.717) is 46.1 Å². The Morgan fingerprint density at radius 3 is 2.57 bits per heavy atom. The minimum Gasteiger partial charge on any atom is -0.494 e. The maximum Gasteiger partial charge on any atom is 0.222 e. The molecule has 13 heteroatoms. The molecule has 0 fully saturated rings. The second-order valence-electron chi connectivity index (χ2n) is 9.84. The summed E-state index contributed by atoms with van der Waals surface area (Å²) in [5.41, 5.74) is 2.24. The second kappa shape index (κ2) is 13.4. The number of halogens is 2. The summed E-state index contributed by atoms with van der Waals surface area (Å²) in [6.45, 7) is 5.24. The van der Waals surface area contributed by atoms with Crippen molar-refractivity contribution in [3.8, 4) is 23.0 Å². The van der Waals surface area contributed by atoms with E-state index < -0.39 is 11.6 Å². The van der Waals surface area contributed by atoms with Gasteiger partial charge in [-0.1, -0.05) is 18.2 Å². The van der Waals surface area contributed by atoms with Gasteiger partial charge >= 0.3 is 0 Å². The van der Waals surface area contributed by atoms with E-state index >= 15 is 0 Å². The van der Waals surface area contributed by atoms with Gasteiger partial charge in [0, 0.05) is 61.0 Å². The third kappa shape index (κ3) is 6.73. The Morgan fingerprint density at radius 2 is 1.84 bits per heavy atom. The van der Waals surface area contributed by atoms with Gasteiger partial charge in [-0.2, -0.15) is 5.10 Å². The zero-order valence-electron chi connectivity index (χ0n) is 24.4. The molecule has 3 N–H and O–H groups in total. The van der Waals surface area contributed by atoms with Crippen LogP contribution in [-0.2, 0) is 11.3 Å². The first kappa shape index (κ1) is 30.3. The summed E-state index contributed by atoms with van der Waals surface area (Å²) in [5, 5.41) is 20.5. The number of para-hydroxylation sites is 1. The van der Waals surface area contributed by atoms with Crippen molar-refractivity contribution in [1.29, 1.82) is 0 Å². The fraction of sp³-hybridized carbons (Fsp3) is 0.258. The van der Waals surface area contributed by atoms with Gasteiger partial charge < -0.3 is 25.2 Å². The summed E-state index contributed by atoms with van der Waals surface area (Å²) in [6.07, 6.45) is 3.50. The number of nitrogens with one attached hydrogen (secondary N) is 2. The van der Waals surface area contributed by atoms with Gasteiger partial charge in [0.15, 0.2) is 17.4 Å². The van der Waals surface area contributed by atoms with E-state index in [1.807, 2.05) is 19.1 Å². The number of aryl methyl sites for hydroxylation is 1. The molecule has 3 heterocycles. The van der Waals surface area contributed by atoms with Crippen LogP contribution in [0.25, 0.3) is 22.4 Å². The average molecular weight is 604 g/mol. The van der Waals surface area contributed by atoms with E-state index in [1.54, 1.807) is 31.3 Å². The van der Waals surface area contributed by atoms with Crippen LogP contribution in [0.3, 0.4) is 0 Å². The fourth-order valence-electron chi connectivity index (χ4n) is 4.51. The van der Waals surface area contributed by atoms with Gasteiger partial charge in [0.05, 0.1) is 31.5 Å². The maximum absolute atomic E-state index is 15.0. The molecule has 0 radical (unpaired) electrons. The van der Waals surface area contributed by atoms with Crippen LogP contribution >= 0.6 is 0 Å². The number of pyridine rings is 1. The Kier molecular flexibility index (Phi) is 9.24. The predicted octanol–water partition coefficient (Wildman–Crippen LogP) is 5.39. The molecule has 1 amide bonds. The van der Waals surface area contributed by atoms with Crippen LogP contribution in [0.15, 0.2) is 54.9 Å². The number of benzene rings is 2. The summed E-state index contributed by atoms with van der Waals surface area (Å²) < 4.78 is 42.5. The number of anilines is 3. The number of rotatable bonds is 12. The van der Waals surface area contributed by atoms with E-state index in [0.717, 1.165) is 17.7 Å². The molecular weight excluding hydrogens is 572 g/mol. The van der Waals surface area contributed by atoms with Crippen molar-refractivity contribution in [1.82, 2.24) is 24.7 Å². The summed E-state index contributed by atoms with van der Waals surface area (Å²) in [5.74, 6) is -0.432. The highest BCUT2D eigenvalue weighted by Gasteiger charge is 2.20. The number of carbonyl (C=O) groups excluding carboxylic acids is 1. The number of hydrogen-bond acceptors (Lipinski definition) is 9. The normalized spacial score (nSPS) is 11.0. The van der Waals surface area contributed by atoms with Crippen LogP contribution in [-0.4, -0.2) is 55.6 Å². The lowest BCUT2D eigenvalue weighted by atomic mass is 10.1. The van der Waals surface area contributed by atoms with Crippen molar-refractivity contribution < 1.29 is 28.2 Å². The number of nitrogens with zero attached hydrogens (tertiary/aromatic N) is 5. The molecule has 0 saturated carbocycles. The Labute approximate surface area is 251 Å². The van der Waals surface area contributed by atoms with E-state index in [-0.39, 0.29) is 49.4 Å². The summed E-state index contributed by atoms with van der Waals surface area (Å²) in [6, 6.07) is 11.2. The number of aliphatic hydroxyl groups excluding tert-OH is 1. The SMILES string of the molecule is CCOc1cc(F)c(Cn2nc(-c3ncc(OCCCO)c(Nc4cc(NC(C)=O)ncc4C)n3)c3ccccc32)c(F)c1. The molecule has 228 valence electrons. The fourth-order valence-corrected chi connectivity index (χ4v) is 4.51. The predicted molar refractivity (Wildman–Crippen MR) is 161 cm³/mol. The number of hydrogen-bond donors (Lipinski definition) is 3. The largest absolute Gasteiger partial charge is 0.494 e. The molecule has 0 bridgehead atoms. The Morgan fingerprint density at radius 1 is 1.07 bits per heavy atom. The van der Waals surface area contributed by atoms with Crippen LogP contribution in [0.1, 0.15) is 31.4 Å². The first-order chi connectivity index (χ1) is 21.3. The summed E-state index contributed by atoms with van der Waals surface area (Å²) >= 11 is 0. The third-order valence-corrected chi connectivity index (χ3v) is 6.58. The van der Waals surface area contributed by atoms with Crippen molar-refractivity contribution in [3.63, 3.8) is 0 Å². The van der Waals surface area contributed by atoms with Crippen molar-refractivity contribution in [2.75, 3.05) is 30.5 Å². The molecule has 5 rings (SSSR count). The van der Waals surface area contributed by atoms with Gasteiger partial charge in [0.25, 0.3) is 0 Å². The average Bonchev–Trinajstić information content (AvgIpc) is 3.36. The van der Waals surface area contributed by atoms with E-state index in [4.69, 9.17) is 14.5 Å². The van der Waals surface area contributed by atoms with Crippen LogP contribution < -0.4 is 20.1 Å². The molecule has 2 aromatic carbocycles. The Bertz CT molecular complexity index is 1790. The van der Waals surface area contributed by atoms with Gasteiger partial charge in [-0.15, -0.1) is 0 Å². The van der Waals surface area contributed by atoms with Crippen molar-refractivity contribution in [2.45, 2.75) is 33.7 Å². The molecule has 0 spiro atoms. The highest BCUT2D eigenvalue weighted by molar-refractivity contribution is 5.92. The minimum absolute atomic E-state index is 0.0514. The minimum atomic E-state index is -0.743. The topological polar surface area (TPSA) is 136 Å². The first-order valence-electron chi connectivity index (χ1n) is 14.0. The zero-order valence-corrected chi connectivity index (χ0v) is 24.4. The highest BCUT2D eigenvalue weighted by Crippen LogP contribution is 2.33. The summed E-state index contributed by atoms with van der Waals surface area (Å²) in [4.78, 5) is 25.0. The number of carbonyl (C=O) groups is 1. The quantitative estimate of drug-likeness (QED) is 0.161. The van der Waals surface area contributed by atoms with E-state index in [2.05, 4.69) is 25.7 Å². The van der Waals surface area contributed by atoms with Crippen LogP contribution in [0.2, 0.25) is 0 Å². The Hall–Kier alpha value is -5.17. The molecule has 0 aliphatic heterocycles. The smallest absolute Gasteiger partial charge is 0.222 e. The first-order valence-corrected chi connectivity index (χ1v) is 14.0. The number of aromatic nitrogens is 5. The molecule has 0 unspecified atom stereocenters. The van der Waals surface area contributed by atoms with Gasteiger partial charge in [-0.25, -0.2) is 23.7 Å². The third-order valence-electron chi connectivity index (χ3n) is 6.58. The second-order valence-corrected chi connectivity index (χ2v) is 9.84. The molecule has 3 aromatic heterocycles. The molecule has 0 atom stereocenters. The summed E-state index contributed by atoms with van der Waals surface area (Å²) in [7, 11) is 0. The number of ether oxygens (including phenoxy) is 2. The van der Waals surface area contributed by atoms with Gasteiger partial charge in [0.1, 0.15) is 28.9 Å². The van der Waals surface area contributed by atoms with Gasteiger partial charge in [-0.3, -0.25) is 9.48 Å². The maximum atomic E-state index is 15.0. The molecular formula is C31H31F2N7O4. The van der Waals surface area contributed by atoms with Crippen LogP contribution in [0.5, 0.6) is 11.5 Å². The molecule has 11 nitrogen and oxygen atoms in total. The monoisotopic (exact) mass is 603 g/mol. The standard InChI is InChI=1S/C31H31F2N7O4/c1-4-43-20-12-23(32)22(24(33)13-20)17-40-26-9-6-5-8-21(26)29(39-40)31-35-16-27(44-11-7-10-41)30(38-31)37-25-14-28(36-19(3)42)34-15-18(25)2/h5-6,8-9,12-16,41H,4,7,10-11,17H2,1-3H3,(H2,34,35,36,37,38,42). The Balaban J connectivity index is 1.56. The number of amides is 1. The molecule has 0 aliphatic rings. The number of aliphatic hydroxyl groups is 1. The van der Waals surface area contributed by atoms with Crippen molar-refractivity contribution in [2.24, 2.45) is 0 Å². The van der Waals surface area contributed by atoms with Crippen LogP contribution in [0, 0.1) is 18.6 Å². The zero-order chi connectivity index (χ0) is 31.2. The van der Waals surface area contributed by atoms with E-state index in [9.17, 15) is 18.7 Å². The molecule has 0 saturated heterocycles. The van der Waals surface area contributed by atoms with Crippen molar-refractivity contribution >= 4 is 34.1 Å².